The fourth-order valence-corrected chi connectivity index (χ4v) is 7.11. The second-order valence-corrected chi connectivity index (χ2v) is 20.3. The molecule has 0 saturated heterocycles. The molecule has 0 N–H and O–H groups in total. The topological polar surface area (TPSA) is 142 Å². The lowest BCUT2D eigenvalue weighted by Crippen LogP contribution is -2.27. The first kappa shape index (κ1) is 52.2. The standard InChI is InChI=1S/C56H66O12/c1-53(2,3)65-47(57)33-61-43-25-17-39(18-26-43)51(40-19-27-44(28-20-40)62-34-48(58)66-54(4,5)6)37-13-15-38(16-14-37)52(41-21-29-45(30-22-41)63-35-49(59)67-55(7,8)9)42-23-31-46(32-24-42)64-36-50(60)68-56(10,11)12/h13-32,51-52H,33-36H2,1-12H3. The molecule has 5 aromatic carbocycles. The van der Waals surface area contributed by atoms with Crippen LogP contribution in [-0.2, 0) is 38.1 Å². The SMILES string of the molecule is CC(C)(C)OC(=O)COc1ccc(C(c2ccc(OCC(=O)OC(C)(C)C)cc2)c2ccc(C(c3ccc(OCC(=O)OC(C)(C)C)cc3)c3ccc(OCC(=O)OC(C)(C)C)cc3)cc2)cc1. The number of carbonyl (C=O) groups excluding carboxylic acids is 4. The lowest BCUT2D eigenvalue weighted by atomic mass is 9.81. The molecule has 5 aromatic rings. The molecule has 0 aliphatic rings. The summed E-state index contributed by atoms with van der Waals surface area (Å²) in [5.74, 6) is -0.262. The third-order valence-corrected chi connectivity index (χ3v) is 9.56. The highest BCUT2D eigenvalue weighted by atomic mass is 16.6. The zero-order valence-corrected chi connectivity index (χ0v) is 41.4. The maximum atomic E-state index is 12.4. The van der Waals surface area contributed by atoms with Crippen LogP contribution in [0.1, 0.15) is 128 Å². The maximum Gasteiger partial charge on any atom is 0.344 e. The predicted molar refractivity (Wildman–Crippen MR) is 259 cm³/mol. The minimum Gasteiger partial charge on any atom is -0.482 e. The Bertz CT molecular complexity index is 2100. The van der Waals surface area contributed by atoms with Crippen LogP contribution in [0.25, 0.3) is 0 Å². The van der Waals surface area contributed by atoms with E-state index in [1.807, 2.05) is 97.1 Å². The van der Waals surface area contributed by atoms with Crippen LogP contribution in [0.3, 0.4) is 0 Å². The summed E-state index contributed by atoms with van der Waals surface area (Å²) < 4.78 is 44.8. The Morgan fingerprint density at radius 1 is 0.294 bits per heavy atom. The van der Waals surface area contributed by atoms with Gasteiger partial charge >= 0.3 is 23.9 Å². The van der Waals surface area contributed by atoms with Crippen LogP contribution in [0.5, 0.6) is 23.0 Å². The molecule has 5 rings (SSSR count). The van der Waals surface area contributed by atoms with Crippen molar-refractivity contribution in [3.63, 3.8) is 0 Å². The van der Waals surface area contributed by atoms with Gasteiger partial charge in [0.15, 0.2) is 26.4 Å². The van der Waals surface area contributed by atoms with Crippen LogP contribution in [0.4, 0.5) is 0 Å². The van der Waals surface area contributed by atoms with Gasteiger partial charge in [0.2, 0.25) is 0 Å². The number of hydrogen-bond donors (Lipinski definition) is 0. The molecule has 0 heterocycles. The minimum atomic E-state index is -0.627. The highest BCUT2D eigenvalue weighted by molar-refractivity contribution is 5.73. The second kappa shape index (κ2) is 22.3. The van der Waals surface area contributed by atoms with Crippen molar-refractivity contribution in [3.05, 3.63) is 155 Å². The zero-order valence-electron chi connectivity index (χ0n) is 41.4. The molecule has 0 amide bonds. The monoisotopic (exact) mass is 930 g/mol. The zero-order chi connectivity index (χ0) is 49.9. The largest absolute Gasteiger partial charge is 0.482 e. The Morgan fingerprint density at radius 2 is 0.441 bits per heavy atom. The third-order valence-electron chi connectivity index (χ3n) is 9.56. The summed E-state index contributed by atoms with van der Waals surface area (Å²) in [6, 6.07) is 38.8. The summed E-state index contributed by atoms with van der Waals surface area (Å²) in [5.41, 5.74) is 3.33. The summed E-state index contributed by atoms with van der Waals surface area (Å²) >= 11 is 0. The van der Waals surface area contributed by atoms with Crippen molar-refractivity contribution in [2.75, 3.05) is 26.4 Å². The highest BCUT2D eigenvalue weighted by Crippen LogP contribution is 2.38. The molecular weight excluding hydrogens is 865 g/mol. The van der Waals surface area contributed by atoms with Gasteiger partial charge in [-0.25, -0.2) is 19.2 Å². The Kier molecular flexibility index (Phi) is 17.1. The highest BCUT2D eigenvalue weighted by Gasteiger charge is 2.24. The van der Waals surface area contributed by atoms with Crippen molar-refractivity contribution in [1.29, 1.82) is 0 Å². The van der Waals surface area contributed by atoms with Crippen LogP contribution in [-0.4, -0.2) is 72.7 Å². The van der Waals surface area contributed by atoms with E-state index in [9.17, 15) is 19.2 Å². The Balaban J connectivity index is 1.46. The first-order valence-corrected chi connectivity index (χ1v) is 22.7. The lowest BCUT2D eigenvalue weighted by Gasteiger charge is -2.23. The quantitative estimate of drug-likeness (QED) is 0.0469. The Hall–Kier alpha value is -6.82. The number of ether oxygens (including phenoxy) is 8. The molecule has 0 unspecified atom stereocenters. The number of carbonyl (C=O) groups is 4. The van der Waals surface area contributed by atoms with Gasteiger partial charge in [-0.2, -0.15) is 0 Å². The van der Waals surface area contributed by atoms with E-state index in [2.05, 4.69) is 24.3 Å². The molecule has 0 saturated carbocycles. The van der Waals surface area contributed by atoms with E-state index in [-0.39, 0.29) is 38.3 Å². The normalized spacial score (nSPS) is 12.0. The molecule has 0 spiro atoms. The predicted octanol–water partition coefficient (Wildman–Crippen LogP) is 10.9. The average Bonchev–Trinajstić information content (AvgIpc) is 3.23. The van der Waals surface area contributed by atoms with Gasteiger partial charge in [0, 0.05) is 11.8 Å². The molecule has 0 aromatic heterocycles. The third kappa shape index (κ3) is 17.4. The molecule has 0 aliphatic carbocycles. The van der Waals surface area contributed by atoms with Crippen LogP contribution < -0.4 is 18.9 Å². The number of benzene rings is 5. The van der Waals surface area contributed by atoms with E-state index in [0.29, 0.717) is 23.0 Å². The van der Waals surface area contributed by atoms with E-state index in [1.165, 1.54) is 0 Å². The van der Waals surface area contributed by atoms with Crippen LogP contribution in [0.15, 0.2) is 121 Å². The fraction of sp³-hybridized carbons (Fsp3) is 0.393. The molecule has 0 atom stereocenters. The van der Waals surface area contributed by atoms with Gasteiger partial charge in [0.05, 0.1) is 0 Å². The lowest BCUT2D eigenvalue weighted by molar-refractivity contribution is -0.158. The van der Waals surface area contributed by atoms with Crippen LogP contribution in [0, 0.1) is 0 Å². The van der Waals surface area contributed by atoms with E-state index < -0.39 is 46.3 Å². The molecule has 0 radical (unpaired) electrons. The van der Waals surface area contributed by atoms with E-state index >= 15 is 0 Å². The van der Waals surface area contributed by atoms with Gasteiger partial charge in [0.25, 0.3) is 0 Å². The van der Waals surface area contributed by atoms with E-state index in [4.69, 9.17) is 37.9 Å². The molecule has 362 valence electrons. The number of rotatable bonds is 18. The minimum absolute atomic E-state index is 0.225. The van der Waals surface area contributed by atoms with Crippen molar-refractivity contribution in [3.8, 4) is 23.0 Å². The van der Waals surface area contributed by atoms with Gasteiger partial charge in [-0.05, 0) is 165 Å². The van der Waals surface area contributed by atoms with Crippen molar-refractivity contribution < 1.29 is 57.1 Å². The van der Waals surface area contributed by atoms with Crippen molar-refractivity contribution in [1.82, 2.24) is 0 Å². The fourth-order valence-electron chi connectivity index (χ4n) is 7.11. The van der Waals surface area contributed by atoms with Gasteiger partial charge < -0.3 is 37.9 Å². The maximum absolute atomic E-state index is 12.4. The molecule has 12 heteroatoms. The van der Waals surface area contributed by atoms with Crippen molar-refractivity contribution >= 4 is 23.9 Å². The summed E-state index contributed by atoms with van der Waals surface area (Å²) in [6.07, 6.45) is 0. The summed E-state index contributed by atoms with van der Waals surface area (Å²) in [7, 11) is 0. The number of hydrogen-bond acceptors (Lipinski definition) is 12. The van der Waals surface area contributed by atoms with Gasteiger partial charge in [-0.1, -0.05) is 72.8 Å². The molecule has 12 nitrogen and oxygen atoms in total. The summed E-state index contributed by atoms with van der Waals surface area (Å²) in [5, 5.41) is 0. The smallest absolute Gasteiger partial charge is 0.344 e. The summed E-state index contributed by atoms with van der Waals surface area (Å²) in [4.78, 5) is 49.5. The average molecular weight is 931 g/mol. The van der Waals surface area contributed by atoms with Crippen LogP contribution >= 0.6 is 0 Å². The molecule has 68 heavy (non-hydrogen) atoms. The first-order chi connectivity index (χ1) is 31.8. The Morgan fingerprint density at radius 3 is 0.588 bits per heavy atom. The van der Waals surface area contributed by atoms with Crippen molar-refractivity contribution in [2.24, 2.45) is 0 Å². The van der Waals surface area contributed by atoms with Gasteiger partial charge in [-0.3, -0.25) is 0 Å². The van der Waals surface area contributed by atoms with Crippen LogP contribution in [0.2, 0.25) is 0 Å². The molecule has 0 bridgehead atoms. The molecule has 0 aliphatic heterocycles. The first-order valence-electron chi connectivity index (χ1n) is 22.7. The molecular formula is C56H66O12. The van der Waals surface area contributed by atoms with Gasteiger partial charge in [0.1, 0.15) is 45.4 Å². The summed E-state index contributed by atoms with van der Waals surface area (Å²) in [6.45, 7) is 20.8. The van der Waals surface area contributed by atoms with Gasteiger partial charge in [-0.15, -0.1) is 0 Å². The van der Waals surface area contributed by atoms with E-state index in [0.717, 1.165) is 33.4 Å². The van der Waals surface area contributed by atoms with E-state index in [1.54, 1.807) is 83.1 Å². The molecule has 0 fully saturated rings. The Labute approximate surface area is 401 Å². The second-order valence-electron chi connectivity index (χ2n) is 20.3. The number of esters is 4. The van der Waals surface area contributed by atoms with Crippen molar-refractivity contribution in [2.45, 2.75) is 117 Å².